The number of carbonyl (C=O) groups excluding carboxylic acids is 1. The Morgan fingerprint density at radius 3 is 2.88 bits per heavy atom. The fourth-order valence-electron chi connectivity index (χ4n) is 3.07. The van der Waals surface area contributed by atoms with Crippen molar-refractivity contribution in [2.75, 3.05) is 5.32 Å². The predicted molar refractivity (Wildman–Crippen MR) is 112 cm³/mol. The van der Waals surface area contributed by atoms with Crippen LogP contribution in [0.5, 0.6) is 0 Å². The third-order valence-corrected chi connectivity index (χ3v) is 4.59. The van der Waals surface area contributed by atoms with E-state index < -0.39 is 0 Å². The average Bonchev–Trinajstić information content (AvgIpc) is 3.54. The van der Waals surface area contributed by atoms with E-state index in [1.54, 1.807) is 36.8 Å². The molecule has 3 aromatic heterocycles. The van der Waals surface area contributed by atoms with Crippen LogP contribution in [0.2, 0.25) is 0 Å². The highest BCUT2D eigenvalue weighted by Crippen LogP contribution is 2.21. The summed E-state index contributed by atoms with van der Waals surface area (Å²) >= 11 is 0. The van der Waals surface area contributed by atoms with Crippen LogP contribution in [-0.4, -0.2) is 46.2 Å². The first kappa shape index (κ1) is 19.2. The van der Waals surface area contributed by atoms with Gasteiger partial charge in [-0.2, -0.15) is 4.98 Å². The SMILES string of the molecule is O=C(Nc1ccccc1Cc1nc(-c2cnccn2)no1)c1cccc(-n2cnnn2)c1. The maximum atomic E-state index is 12.9. The van der Waals surface area contributed by atoms with Crippen molar-refractivity contribution < 1.29 is 9.32 Å². The maximum absolute atomic E-state index is 12.9. The first-order valence-electron chi connectivity index (χ1n) is 9.58. The number of carbonyl (C=O) groups is 1. The van der Waals surface area contributed by atoms with Crippen LogP contribution >= 0.6 is 0 Å². The fourth-order valence-corrected chi connectivity index (χ4v) is 3.07. The Kier molecular flexibility index (Phi) is 5.10. The molecule has 0 saturated carbocycles. The third-order valence-electron chi connectivity index (χ3n) is 4.59. The lowest BCUT2D eigenvalue weighted by atomic mass is 10.1. The number of rotatable bonds is 6. The van der Waals surface area contributed by atoms with Crippen molar-refractivity contribution >= 4 is 11.6 Å². The number of hydrogen-bond donors (Lipinski definition) is 1. The van der Waals surface area contributed by atoms with Gasteiger partial charge in [-0.15, -0.1) is 5.10 Å². The largest absolute Gasteiger partial charge is 0.339 e. The van der Waals surface area contributed by atoms with Crippen molar-refractivity contribution in [2.45, 2.75) is 6.42 Å². The average molecular weight is 425 g/mol. The van der Waals surface area contributed by atoms with Crippen molar-refractivity contribution in [3.63, 3.8) is 0 Å². The van der Waals surface area contributed by atoms with E-state index in [-0.39, 0.29) is 5.91 Å². The zero-order chi connectivity index (χ0) is 21.8. The number of tetrazole rings is 1. The lowest BCUT2D eigenvalue weighted by Crippen LogP contribution is -2.14. The smallest absolute Gasteiger partial charge is 0.255 e. The third kappa shape index (κ3) is 4.07. The number of para-hydroxylation sites is 1. The van der Waals surface area contributed by atoms with E-state index in [9.17, 15) is 4.79 Å². The van der Waals surface area contributed by atoms with E-state index in [0.717, 1.165) is 5.56 Å². The highest BCUT2D eigenvalue weighted by atomic mass is 16.5. The molecule has 5 rings (SSSR count). The van der Waals surface area contributed by atoms with E-state index in [1.807, 2.05) is 30.3 Å². The summed E-state index contributed by atoms with van der Waals surface area (Å²) in [5.74, 6) is 0.486. The summed E-state index contributed by atoms with van der Waals surface area (Å²) in [6.07, 6.45) is 6.50. The topological polar surface area (TPSA) is 137 Å². The highest BCUT2D eigenvalue weighted by Gasteiger charge is 2.14. The van der Waals surface area contributed by atoms with Gasteiger partial charge in [0.15, 0.2) is 0 Å². The summed E-state index contributed by atoms with van der Waals surface area (Å²) in [4.78, 5) is 25.4. The molecule has 0 aliphatic carbocycles. The van der Waals surface area contributed by atoms with E-state index in [4.69, 9.17) is 4.52 Å². The molecule has 11 heteroatoms. The van der Waals surface area contributed by atoms with Crippen LogP contribution in [0, 0.1) is 0 Å². The summed E-state index contributed by atoms with van der Waals surface area (Å²) in [5.41, 5.74) is 3.14. The van der Waals surface area contributed by atoms with Gasteiger partial charge >= 0.3 is 0 Å². The number of amides is 1. The van der Waals surface area contributed by atoms with E-state index in [0.29, 0.717) is 40.8 Å². The molecular formula is C21H15N9O2. The molecule has 0 aliphatic heterocycles. The lowest BCUT2D eigenvalue weighted by molar-refractivity contribution is 0.102. The highest BCUT2D eigenvalue weighted by molar-refractivity contribution is 6.05. The molecule has 5 aromatic rings. The van der Waals surface area contributed by atoms with Gasteiger partial charge in [0.25, 0.3) is 5.91 Å². The number of benzene rings is 2. The zero-order valence-corrected chi connectivity index (χ0v) is 16.5. The van der Waals surface area contributed by atoms with E-state index in [2.05, 4.69) is 41.0 Å². The van der Waals surface area contributed by atoms with E-state index in [1.165, 1.54) is 11.0 Å². The van der Waals surface area contributed by atoms with Gasteiger partial charge in [0.1, 0.15) is 12.0 Å². The van der Waals surface area contributed by atoms with Crippen LogP contribution in [0.3, 0.4) is 0 Å². The molecule has 156 valence electrons. The number of aromatic nitrogens is 8. The van der Waals surface area contributed by atoms with Crippen molar-refractivity contribution in [3.05, 3.63) is 90.5 Å². The van der Waals surface area contributed by atoms with Gasteiger partial charge in [0.2, 0.25) is 11.7 Å². The Labute approximate surface area is 181 Å². The molecule has 0 bridgehead atoms. The molecule has 0 saturated heterocycles. The van der Waals surface area contributed by atoms with Crippen molar-refractivity contribution in [2.24, 2.45) is 0 Å². The van der Waals surface area contributed by atoms with Gasteiger partial charge in [-0.05, 0) is 40.3 Å². The summed E-state index contributed by atoms with van der Waals surface area (Å²) in [6.45, 7) is 0. The van der Waals surface area contributed by atoms with Gasteiger partial charge < -0.3 is 9.84 Å². The molecule has 0 fully saturated rings. The predicted octanol–water partition coefficient (Wildman–Crippen LogP) is 2.35. The van der Waals surface area contributed by atoms with Gasteiger partial charge in [-0.3, -0.25) is 9.78 Å². The normalized spacial score (nSPS) is 10.8. The number of nitrogens with one attached hydrogen (secondary N) is 1. The van der Waals surface area contributed by atoms with Gasteiger partial charge in [-0.1, -0.05) is 29.4 Å². The summed E-state index contributed by atoms with van der Waals surface area (Å²) in [6, 6.07) is 14.4. The van der Waals surface area contributed by atoms with Crippen molar-refractivity contribution in [1.82, 2.24) is 40.3 Å². The molecule has 1 amide bonds. The number of nitrogens with zero attached hydrogens (tertiary/aromatic N) is 8. The van der Waals surface area contributed by atoms with Gasteiger partial charge in [0.05, 0.1) is 18.3 Å². The molecule has 32 heavy (non-hydrogen) atoms. The van der Waals surface area contributed by atoms with Crippen LogP contribution in [0.15, 0.2) is 78.0 Å². The summed E-state index contributed by atoms with van der Waals surface area (Å²) in [7, 11) is 0. The Morgan fingerprint density at radius 1 is 1.09 bits per heavy atom. The molecule has 0 aliphatic rings. The monoisotopic (exact) mass is 425 g/mol. The fraction of sp³-hybridized carbons (Fsp3) is 0.0476. The molecule has 0 radical (unpaired) electrons. The first-order valence-corrected chi connectivity index (χ1v) is 9.58. The molecule has 2 aromatic carbocycles. The number of hydrogen-bond acceptors (Lipinski definition) is 9. The molecule has 1 N–H and O–H groups in total. The second-order valence-corrected chi connectivity index (χ2v) is 6.70. The Morgan fingerprint density at radius 2 is 2.03 bits per heavy atom. The molecule has 0 unspecified atom stereocenters. The second-order valence-electron chi connectivity index (χ2n) is 6.70. The van der Waals surface area contributed by atoms with E-state index >= 15 is 0 Å². The first-order chi connectivity index (χ1) is 15.8. The minimum absolute atomic E-state index is 0.266. The minimum atomic E-state index is -0.266. The van der Waals surface area contributed by atoms with Crippen molar-refractivity contribution in [3.8, 4) is 17.2 Å². The van der Waals surface area contributed by atoms with Crippen LogP contribution in [0.4, 0.5) is 5.69 Å². The quantitative estimate of drug-likeness (QED) is 0.434. The standard InChI is InChI=1S/C21H15N9O2/c31-21(15-5-3-6-16(10-15)30-13-24-28-29-30)25-17-7-2-1-4-14(17)11-19-26-20(27-32-19)18-12-22-8-9-23-18/h1-10,12-13H,11H2,(H,25,31). The van der Waals surface area contributed by atoms with Crippen LogP contribution in [-0.2, 0) is 6.42 Å². The molecule has 0 atom stereocenters. The number of anilines is 1. The molecule has 3 heterocycles. The lowest BCUT2D eigenvalue weighted by Gasteiger charge is -2.10. The molecule has 0 spiro atoms. The molecular weight excluding hydrogens is 410 g/mol. The van der Waals surface area contributed by atoms with Crippen LogP contribution in [0.25, 0.3) is 17.2 Å². The summed E-state index contributed by atoms with van der Waals surface area (Å²) < 4.78 is 6.84. The second kappa shape index (κ2) is 8.52. The van der Waals surface area contributed by atoms with Gasteiger partial charge in [0, 0.05) is 23.6 Å². The zero-order valence-electron chi connectivity index (χ0n) is 16.5. The Hall–Kier alpha value is -4.80. The van der Waals surface area contributed by atoms with Crippen molar-refractivity contribution in [1.29, 1.82) is 0 Å². The Balaban J connectivity index is 1.35. The Bertz CT molecular complexity index is 1350. The van der Waals surface area contributed by atoms with Gasteiger partial charge in [-0.25, -0.2) is 9.67 Å². The maximum Gasteiger partial charge on any atom is 0.255 e. The van der Waals surface area contributed by atoms with Crippen LogP contribution in [0.1, 0.15) is 21.8 Å². The molecule has 11 nitrogen and oxygen atoms in total. The summed E-state index contributed by atoms with van der Waals surface area (Å²) in [5, 5.41) is 18.0. The minimum Gasteiger partial charge on any atom is -0.339 e. The van der Waals surface area contributed by atoms with Crippen LogP contribution < -0.4 is 5.32 Å².